The van der Waals surface area contributed by atoms with Crippen molar-refractivity contribution in [2.24, 2.45) is 11.3 Å². The summed E-state index contributed by atoms with van der Waals surface area (Å²) in [6.45, 7) is 6.27. The second-order valence-corrected chi connectivity index (χ2v) is 16.8. The monoisotopic (exact) mass is 798 g/mol. The molecule has 9 rings (SSSR count). The van der Waals surface area contributed by atoms with Crippen LogP contribution in [0.2, 0.25) is 0 Å². The molecule has 5 aliphatic heterocycles. The fourth-order valence-electron chi connectivity index (χ4n) is 10.5. The predicted octanol–water partition coefficient (Wildman–Crippen LogP) is 6.22. The third-order valence-electron chi connectivity index (χ3n) is 13.7. The van der Waals surface area contributed by atoms with E-state index in [1.807, 2.05) is 12.1 Å². The van der Waals surface area contributed by atoms with Gasteiger partial charge in [0.05, 0.1) is 24.3 Å². The fraction of sp³-hybridized carbons (Fsp3) is 0.500. The maximum absolute atomic E-state index is 16.2. The molecule has 3 aromatic rings. The first-order chi connectivity index (χ1) is 28.0. The van der Waals surface area contributed by atoms with Crippen molar-refractivity contribution in [3.8, 4) is 5.75 Å². The van der Waals surface area contributed by atoms with Gasteiger partial charge in [-0.1, -0.05) is 25.0 Å². The molecule has 6 aliphatic rings. The number of nitrogens with zero attached hydrogens (tertiary/aromatic N) is 5. The summed E-state index contributed by atoms with van der Waals surface area (Å²) in [4.78, 5) is 61.2. The smallest absolute Gasteiger partial charge is 0.263 e. The van der Waals surface area contributed by atoms with Gasteiger partial charge in [0.1, 0.15) is 17.6 Å². The number of nitrogens with one attached hydrogen (secondary N) is 1. The number of anilines is 3. The number of hydrogen-bond donors (Lipinski definition) is 1. The maximum Gasteiger partial charge on any atom is 0.263 e. The minimum absolute atomic E-state index is 0.0455. The van der Waals surface area contributed by atoms with Crippen molar-refractivity contribution in [3.63, 3.8) is 0 Å². The lowest BCUT2D eigenvalue weighted by Crippen LogP contribution is -2.62. The fourth-order valence-corrected chi connectivity index (χ4v) is 10.5. The number of alkyl halides is 2. The van der Waals surface area contributed by atoms with Gasteiger partial charge in [-0.2, -0.15) is 0 Å². The number of hydrogen-bond acceptors (Lipinski definition) is 8. The van der Waals surface area contributed by atoms with Crippen molar-refractivity contribution in [2.75, 3.05) is 67.6 Å². The number of fused-ring (bicyclic) bond motifs is 1. The number of carbonyl (C=O) groups excluding carboxylic acids is 4. The van der Waals surface area contributed by atoms with Crippen LogP contribution in [0.3, 0.4) is 0 Å². The molecule has 14 heteroatoms. The molecule has 1 spiro atoms. The van der Waals surface area contributed by atoms with E-state index in [0.717, 1.165) is 69.7 Å². The van der Waals surface area contributed by atoms with Crippen LogP contribution >= 0.6 is 0 Å². The predicted molar refractivity (Wildman–Crippen MR) is 212 cm³/mol. The van der Waals surface area contributed by atoms with E-state index in [9.17, 15) is 28.0 Å². The maximum atomic E-state index is 16.2. The Morgan fingerprint density at radius 3 is 2.22 bits per heavy atom. The quantitative estimate of drug-likeness (QED) is 0.201. The molecule has 1 N–H and O–H groups in total. The summed E-state index contributed by atoms with van der Waals surface area (Å²) in [5.41, 5.74) is 3.43. The number of imide groups is 1. The summed E-state index contributed by atoms with van der Waals surface area (Å²) < 4.78 is 48.8. The number of rotatable bonds is 9. The Kier molecular flexibility index (Phi) is 10.1. The molecule has 1 saturated carbocycles. The number of methoxy groups -OCH3 is 1. The van der Waals surface area contributed by atoms with Gasteiger partial charge in [-0.05, 0) is 80.0 Å². The van der Waals surface area contributed by atoms with E-state index in [4.69, 9.17) is 4.74 Å². The van der Waals surface area contributed by atoms with Crippen molar-refractivity contribution >= 4 is 40.7 Å². The Labute approximate surface area is 336 Å². The first-order valence-corrected chi connectivity index (χ1v) is 20.6. The van der Waals surface area contributed by atoms with Gasteiger partial charge in [0.25, 0.3) is 12.3 Å². The third-order valence-corrected chi connectivity index (χ3v) is 13.7. The highest BCUT2D eigenvalue weighted by atomic mass is 19.3. The molecule has 5 fully saturated rings. The van der Waals surface area contributed by atoms with Gasteiger partial charge < -0.3 is 24.3 Å². The van der Waals surface area contributed by atoms with Crippen LogP contribution in [0.25, 0.3) is 0 Å². The van der Waals surface area contributed by atoms with Gasteiger partial charge in [0, 0.05) is 92.9 Å². The Balaban J connectivity index is 0.811. The zero-order valence-corrected chi connectivity index (χ0v) is 32.7. The van der Waals surface area contributed by atoms with Crippen LogP contribution in [0.4, 0.5) is 30.2 Å². The summed E-state index contributed by atoms with van der Waals surface area (Å²) in [6.07, 6.45) is 3.01. The number of piperazine rings is 1. The van der Waals surface area contributed by atoms with Gasteiger partial charge in [-0.25, -0.2) is 13.2 Å². The number of amides is 4. The van der Waals surface area contributed by atoms with Gasteiger partial charge in [0.2, 0.25) is 17.7 Å². The zero-order valence-electron chi connectivity index (χ0n) is 32.7. The highest BCUT2D eigenvalue weighted by Gasteiger charge is 2.63. The molecule has 2 atom stereocenters. The molecule has 4 amide bonds. The number of halogens is 3. The topological polar surface area (TPSA) is 106 Å². The normalized spacial score (nSPS) is 23.9. The molecule has 0 radical (unpaired) electrons. The summed E-state index contributed by atoms with van der Waals surface area (Å²) in [5, 5.41) is 2.36. The number of carbonyl (C=O) groups is 4. The van der Waals surface area contributed by atoms with Crippen LogP contribution in [0.5, 0.6) is 5.75 Å². The molecule has 5 heterocycles. The molecule has 306 valence electrons. The first-order valence-electron chi connectivity index (χ1n) is 20.6. The summed E-state index contributed by atoms with van der Waals surface area (Å²) in [5.74, 6) is -0.272. The molecule has 58 heavy (non-hydrogen) atoms. The molecular weight excluding hydrogens is 750 g/mol. The van der Waals surface area contributed by atoms with Crippen molar-refractivity contribution < 1.29 is 37.1 Å². The Morgan fingerprint density at radius 1 is 0.845 bits per heavy atom. The van der Waals surface area contributed by atoms with Crippen LogP contribution in [-0.2, 0) is 20.9 Å². The van der Waals surface area contributed by atoms with Crippen LogP contribution < -0.4 is 24.8 Å². The van der Waals surface area contributed by atoms with Crippen LogP contribution in [0.15, 0.2) is 54.6 Å². The van der Waals surface area contributed by atoms with Gasteiger partial charge >= 0.3 is 0 Å². The lowest BCUT2D eigenvalue weighted by molar-refractivity contribution is -0.140. The Morgan fingerprint density at radius 2 is 1.55 bits per heavy atom. The lowest BCUT2D eigenvalue weighted by Gasteiger charge is -2.55. The minimum Gasteiger partial charge on any atom is -0.496 e. The van der Waals surface area contributed by atoms with E-state index < -0.39 is 29.8 Å². The molecule has 0 bridgehead atoms. The van der Waals surface area contributed by atoms with E-state index in [1.165, 1.54) is 18.2 Å². The average Bonchev–Trinajstić information content (AvgIpc) is 3.87. The number of benzene rings is 3. The number of ether oxygens (including phenoxy) is 1. The van der Waals surface area contributed by atoms with E-state index >= 15 is 4.39 Å². The van der Waals surface area contributed by atoms with E-state index in [0.29, 0.717) is 73.1 Å². The van der Waals surface area contributed by atoms with Gasteiger partial charge in [-0.15, -0.1) is 0 Å². The second kappa shape index (κ2) is 15.2. The lowest BCUT2D eigenvalue weighted by atomic mass is 9.66. The molecule has 1 aliphatic carbocycles. The number of piperidine rings is 2. The highest BCUT2D eigenvalue weighted by molar-refractivity contribution is 6.07. The van der Waals surface area contributed by atoms with Crippen molar-refractivity contribution in [2.45, 2.75) is 76.4 Å². The Bertz CT molecular complexity index is 2110. The van der Waals surface area contributed by atoms with E-state index in [-0.39, 0.29) is 35.5 Å². The van der Waals surface area contributed by atoms with Crippen molar-refractivity contribution in [1.29, 1.82) is 0 Å². The van der Waals surface area contributed by atoms with Crippen LogP contribution in [0.1, 0.15) is 90.9 Å². The van der Waals surface area contributed by atoms with E-state index in [1.54, 1.807) is 35.1 Å². The minimum atomic E-state index is -2.61. The van der Waals surface area contributed by atoms with E-state index in [2.05, 4.69) is 26.1 Å². The SMILES string of the molecule is COc1cc(N2CCC(CN3CCN(c4ccc5c(c4)CN([C@H]4CCC(=O)NC4=O)C5=O)CC3)CC2)c(F)cc1[C@@H]1N(c2ccc(C(F)F)cc2)C(=O)C12CCCC2. The van der Waals surface area contributed by atoms with Crippen molar-refractivity contribution in [3.05, 3.63) is 82.7 Å². The largest absolute Gasteiger partial charge is 0.496 e. The standard InChI is InChI=1S/C44H49F3N6O5/c1-58-37-24-36(34(45)23-33(37)39-44(14-2-3-15-44)43(57)53(39)30-6-4-28(5-7-30)40(46)47)51-16-12-27(13-17-51)25-49-18-20-50(21-19-49)31-8-9-32-29(22-31)26-52(42(32)56)35-10-11-38(54)48-41(35)55/h4-9,22-24,27,35,39-40H,2-3,10-21,25-26H2,1H3,(H,48,54,55)/t35-,39-/m0/s1. The molecule has 3 aromatic carbocycles. The van der Waals surface area contributed by atoms with Crippen LogP contribution in [-0.4, -0.2) is 92.4 Å². The summed E-state index contributed by atoms with van der Waals surface area (Å²) in [6, 6.07) is 13.9. The third kappa shape index (κ3) is 6.66. The highest BCUT2D eigenvalue weighted by Crippen LogP contribution is 2.62. The Hall–Kier alpha value is -5.11. The van der Waals surface area contributed by atoms with Crippen molar-refractivity contribution in [1.82, 2.24) is 15.1 Å². The summed E-state index contributed by atoms with van der Waals surface area (Å²) >= 11 is 0. The molecule has 11 nitrogen and oxygen atoms in total. The van der Waals surface area contributed by atoms with Gasteiger partial charge in [0.15, 0.2) is 0 Å². The molecule has 0 unspecified atom stereocenters. The van der Waals surface area contributed by atoms with Crippen LogP contribution in [0, 0.1) is 17.2 Å². The first kappa shape index (κ1) is 38.4. The number of β-lactam (4-membered cyclic amide) rings is 1. The molecule has 0 aromatic heterocycles. The average molecular weight is 799 g/mol. The molecular formula is C44H49F3N6O5. The molecule has 4 saturated heterocycles. The zero-order chi connectivity index (χ0) is 40.3. The summed E-state index contributed by atoms with van der Waals surface area (Å²) in [7, 11) is 1.57. The van der Waals surface area contributed by atoms with Gasteiger partial charge in [-0.3, -0.25) is 29.4 Å². The second-order valence-electron chi connectivity index (χ2n) is 16.8.